The van der Waals surface area contributed by atoms with Gasteiger partial charge in [-0.25, -0.2) is 10.1 Å². The van der Waals surface area contributed by atoms with E-state index in [9.17, 15) is 28.1 Å². The van der Waals surface area contributed by atoms with Crippen molar-refractivity contribution in [2.45, 2.75) is 6.18 Å². The van der Waals surface area contributed by atoms with Crippen LogP contribution in [0.1, 0.15) is 21.6 Å². The van der Waals surface area contributed by atoms with Crippen molar-refractivity contribution in [3.8, 4) is 17.1 Å². The largest absolute Gasteiger partial charge is 0.416 e. The van der Waals surface area contributed by atoms with Crippen LogP contribution in [-0.2, 0) is 6.18 Å². The number of benzene rings is 2. The summed E-state index contributed by atoms with van der Waals surface area (Å²) in [6.45, 7) is 0. The Morgan fingerprint density at radius 2 is 1.94 bits per heavy atom. The van der Waals surface area contributed by atoms with Crippen molar-refractivity contribution in [2.75, 3.05) is 5.73 Å². The van der Waals surface area contributed by atoms with E-state index in [1.54, 1.807) is 0 Å². The maximum absolute atomic E-state index is 12.9. The summed E-state index contributed by atoms with van der Waals surface area (Å²) in [6.07, 6.45) is -3.52. The number of nitrogens with two attached hydrogens (primary N) is 1. The Balaban J connectivity index is 1.66. The van der Waals surface area contributed by atoms with Crippen molar-refractivity contribution in [1.82, 2.24) is 30.7 Å². The number of carbonyl (C=O) groups is 1. The molecule has 13 nitrogen and oxygen atoms in total. The van der Waals surface area contributed by atoms with Gasteiger partial charge in [-0.3, -0.25) is 14.9 Å². The molecule has 35 heavy (non-hydrogen) atoms. The first-order valence-corrected chi connectivity index (χ1v) is 9.44. The number of hydrazone groups is 1. The third-order valence-corrected chi connectivity index (χ3v) is 4.53. The lowest BCUT2D eigenvalue weighted by Crippen LogP contribution is -2.19. The van der Waals surface area contributed by atoms with Gasteiger partial charge in [0.15, 0.2) is 5.69 Å². The molecule has 0 spiro atoms. The highest BCUT2D eigenvalue weighted by Gasteiger charge is 2.30. The van der Waals surface area contributed by atoms with E-state index in [4.69, 9.17) is 5.73 Å². The highest BCUT2D eigenvalue weighted by atomic mass is 19.4. The average Bonchev–Trinajstić information content (AvgIpc) is 3.44. The Labute approximate surface area is 192 Å². The lowest BCUT2D eigenvalue weighted by Gasteiger charge is -2.07. The highest BCUT2D eigenvalue weighted by molar-refractivity contribution is 5.98. The number of hydrogen-bond acceptors (Lipinski definition) is 10. The molecule has 0 radical (unpaired) electrons. The first-order valence-electron chi connectivity index (χ1n) is 9.44. The molecule has 16 heteroatoms. The summed E-state index contributed by atoms with van der Waals surface area (Å²) in [5.74, 6) is -1.16. The average molecular weight is 487 g/mol. The lowest BCUT2D eigenvalue weighted by molar-refractivity contribution is -0.384. The highest BCUT2D eigenvalue weighted by Crippen LogP contribution is 2.30. The fourth-order valence-electron chi connectivity index (χ4n) is 2.93. The monoisotopic (exact) mass is 487 g/mol. The van der Waals surface area contributed by atoms with Gasteiger partial charge in [-0.1, -0.05) is 17.3 Å². The van der Waals surface area contributed by atoms with Crippen LogP contribution < -0.4 is 11.2 Å². The van der Waals surface area contributed by atoms with E-state index in [0.717, 1.165) is 23.0 Å². The summed E-state index contributed by atoms with van der Waals surface area (Å²) in [4.78, 5) is 23.1. The van der Waals surface area contributed by atoms with Gasteiger partial charge in [0.25, 0.3) is 11.6 Å². The van der Waals surface area contributed by atoms with Crippen LogP contribution in [0.3, 0.4) is 0 Å². The summed E-state index contributed by atoms with van der Waals surface area (Å²) in [6, 6.07) is 9.41. The molecule has 0 aliphatic carbocycles. The molecule has 4 aromatic rings. The van der Waals surface area contributed by atoms with Crippen molar-refractivity contribution in [3.05, 3.63) is 75.5 Å². The molecule has 2 aromatic heterocycles. The second kappa shape index (κ2) is 9.00. The minimum Gasteiger partial charge on any atom is -0.378 e. The fraction of sp³-hybridized carbons (Fsp3) is 0.0526. The van der Waals surface area contributed by atoms with Gasteiger partial charge in [-0.2, -0.15) is 23.0 Å². The molecule has 0 unspecified atom stereocenters. The first-order chi connectivity index (χ1) is 16.6. The number of carbonyl (C=O) groups excluding carboxylic acids is 1. The number of hydrogen-bond donors (Lipinski definition) is 2. The Morgan fingerprint density at radius 3 is 2.57 bits per heavy atom. The summed E-state index contributed by atoms with van der Waals surface area (Å²) >= 11 is 0. The minimum atomic E-state index is -4.54. The van der Waals surface area contributed by atoms with E-state index in [1.165, 1.54) is 36.4 Å². The number of alkyl halides is 3. The molecule has 2 heterocycles. The van der Waals surface area contributed by atoms with E-state index >= 15 is 0 Å². The normalized spacial score (nSPS) is 11.6. The van der Waals surface area contributed by atoms with Crippen molar-refractivity contribution >= 4 is 23.6 Å². The standard InChI is InChI=1S/C19H12F3N9O4/c20-19(21,22)12-3-1-2-10(8-12)9-24-26-18(32)14-15(11-4-6-13(7-5-11)31(33)34)30(29-25-14)17-16(23)27-35-28-17/h1-9H,(H2,23,27)(H,26,32). The Kier molecular flexibility index (Phi) is 5.92. The number of amides is 1. The van der Waals surface area contributed by atoms with E-state index in [-0.39, 0.29) is 39.8 Å². The van der Waals surface area contributed by atoms with Crippen LogP contribution in [0.4, 0.5) is 24.7 Å². The van der Waals surface area contributed by atoms with Gasteiger partial charge >= 0.3 is 6.18 Å². The number of nitro groups is 1. The van der Waals surface area contributed by atoms with Crippen molar-refractivity contribution in [1.29, 1.82) is 0 Å². The van der Waals surface area contributed by atoms with Gasteiger partial charge in [-0.05, 0) is 40.1 Å². The van der Waals surface area contributed by atoms with Crippen LogP contribution in [0.2, 0.25) is 0 Å². The molecule has 0 aliphatic rings. The van der Waals surface area contributed by atoms with Crippen molar-refractivity contribution in [3.63, 3.8) is 0 Å². The molecule has 1 amide bonds. The zero-order chi connectivity index (χ0) is 25.2. The molecule has 0 atom stereocenters. The van der Waals surface area contributed by atoms with Gasteiger partial charge in [0, 0.05) is 17.7 Å². The molecule has 0 saturated carbocycles. The summed E-state index contributed by atoms with van der Waals surface area (Å²) in [5, 5.41) is 29.3. The number of non-ortho nitro benzene ring substituents is 1. The number of aromatic nitrogens is 5. The minimum absolute atomic E-state index is 0.0223. The third-order valence-electron chi connectivity index (χ3n) is 4.53. The van der Waals surface area contributed by atoms with Gasteiger partial charge < -0.3 is 5.73 Å². The van der Waals surface area contributed by atoms with Crippen LogP contribution >= 0.6 is 0 Å². The van der Waals surface area contributed by atoms with Crippen LogP contribution in [0.5, 0.6) is 0 Å². The zero-order valence-corrected chi connectivity index (χ0v) is 17.2. The summed E-state index contributed by atoms with van der Waals surface area (Å²) in [5.41, 5.74) is 6.87. The molecule has 0 aliphatic heterocycles. The van der Waals surface area contributed by atoms with Crippen LogP contribution in [0, 0.1) is 10.1 Å². The molecule has 0 bridgehead atoms. The molecule has 2 aromatic carbocycles. The topological polar surface area (TPSA) is 180 Å². The molecular weight excluding hydrogens is 475 g/mol. The number of nitrogen functional groups attached to an aromatic ring is 1. The summed E-state index contributed by atoms with van der Waals surface area (Å²) < 4.78 is 44.2. The molecule has 0 saturated heterocycles. The Hall–Kier alpha value is -5.15. The maximum Gasteiger partial charge on any atom is 0.416 e. The van der Waals surface area contributed by atoms with Gasteiger partial charge in [0.2, 0.25) is 11.6 Å². The zero-order valence-electron chi connectivity index (χ0n) is 17.2. The van der Waals surface area contributed by atoms with E-state index < -0.39 is 22.6 Å². The maximum atomic E-state index is 12.9. The first kappa shape index (κ1) is 23.0. The van der Waals surface area contributed by atoms with Gasteiger partial charge in [0.05, 0.1) is 16.7 Å². The summed E-state index contributed by atoms with van der Waals surface area (Å²) in [7, 11) is 0. The van der Waals surface area contributed by atoms with Crippen LogP contribution in [-0.4, -0.2) is 42.4 Å². The second-order valence-electron chi connectivity index (χ2n) is 6.80. The molecular formula is C19H12F3N9O4. The van der Waals surface area contributed by atoms with E-state index in [2.05, 4.69) is 35.8 Å². The molecule has 3 N–H and O–H groups in total. The molecule has 4 rings (SSSR count). The number of anilines is 1. The number of rotatable bonds is 6. The third kappa shape index (κ3) is 4.80. The van der Waals surface area contributed by atoms with E-state index in [0.29, 0.717) is 0 Å². The predicted molar refractivity (Wildman–Crippen MR) is 112 cm³/mol. The van der Waals surface area contributed by atoms with Crippen LogP contribution in [0.25, 0.3) is 17.1 Å². The molecule has 178 valence electrons. The van der Waals surface area contributed by atoms with Crippen molar-refractivity contribution < 1.29 is 27.5 Å². The Morgan fingerprint density at radius 1 is 1.20 bits per heavy atom. The van der Waals surface area contributed by atoms with Crippen LogP contribution in [0.15, 0.2) is 58.3 Å². The van der Waals surface area contributed by atoms with Crippen molar-refractivity contribution in [2.24, 2.45) is 5.10 Å². The fourth-order valence-corrected chi connectivity index (χ4v) is 2.93. The lowest BCUT2D eigenvalue weighted by atomic mass is 10.1. The quantitative estimate of drug-likeness (QED) is 0.235. The number of nitro benzene ring substituents is 1. The SMILES string of the molecule is Nc1nonc1-n1nnc(C(=O)NN=Cc2cccc(C(F)(F)F)c2)c1-c1ccc([N+](=O)[O-])cc1. The second-order valence-corrected chi connectivity index (χ2v) is 6.80. The van der Waals surface area contributed by atoms with Gasteiger partial charge in [-0.15, -0.1) is 5.10 Å². The number of nitrogens with zero attached hydrogens (tertiary/aromatic N) is 7. The van der Waals surface area contributed by atoms with Gasteiger partial charge in [0.1, 0.15) is 5.69 Å². The smallest absolute Gasteiger partial charge is 0.378 e. The van der Waals surface area contributed by atoms with E-state index in [1.807, 2.05) is 0 Å². The predicted octanol–water partition coefficient (Wildman–Crippen LogP) is 2.59. The number of halogens is 3. The Bertz CT molecular complexity index is 1430. The molecule has 0 fully saturated rings. The number of nitrogens with one attached hydrogen (secondary N) is 1.